The van der Waals surface area contributed by atoms with Crippen LogP contribution in [0.25, 0.3) is 0 Å². The normalized spacial score (nSPS) is 17.6. The van der Waals surface area contributed by atoms with Crippen LogP contribution in [0.4, 0.5) is 10.1 Å². The van der Waals surface area contributed by atoms with E-state index >= 15 is 0 Å². The van der Waals surface area contributed by atoms with Gasteiger partial charge in [0, 0.05) is 43.4 Å². The van der Waals surface area contributed by atoms with Crippen molar-refractivity contribution >= 4 is 17.3 Å². The highest BCUT2D eigenvalue weighted by molar-refractivity contribution is 6.32. The van der Waals surface area contributed by atoms with Crippen LogP contribution in [-0.4, -0.2) is 23.2 Å². The predicted molar refractivity (Wildman–Crippen MR) is 77.4 cm³/mol. The molecule has 3 rings (SSSR count). The molecule has 0 unspecified atom stereocenters. The quantitative estimate of drug-likeness (QED) is 0.927. The maximum Gasteiger partial charge on any atom is 0.125 e. The number of benzene rings is 1. The minimum absolute atomic E-state index is 0.0375. The number of nitrogens with zero attached hydrogens (tertiary/aromatic N) is 2. The van der Waals surface area contributed by atoms with E-state index in [-0.39, 0.29) is 12.4 Å². The van der Waals surface area contributed by atoms with Gasteiger partial charge in [-0.05, 0) is 24.3 Å². The van der Waals surface area contributed by atoms with Crippen LogP contribution in [0, 0.1) is 5.82 Å². The van der Waals surface area contributed by atoms with E-state index in [0.29, 0.717) is 17.1 Å². The maximum atomic E-state index is 13.4. The van der Waals surface area contributed by atoms with Crippen molar-refractivity contribution in [2.75, 3.05) is 18.1 Å². The number of aliphatic hydroxyl groups excluding tert-OH is 1. The molecule has 0 aliphatic carbocycles. The fourth-order valence-corrected chi connectivity index (χ4v) is 2.62. The van der Waals surface area contributed by atoms with Gasteiger partial charge in [0.15, 0.2) is 0 Å². The summed E-state index contributed by atoms with van der Waals surface area (Å²) in [5.41, 5.74) is 2.51. The molecule has 0 aromatic heterocycles. The Morgan fingerprint density at radius 3 is 2.90 bits per heavy atom. The Labute approximate surface area is 121 Å². The molecule has 0 atom stereocenters. The summed E-state index contributed by atoms with van der Waals surface area (Å²) in [5, 5.41) is 9.90. The van der Waals surface area contributed by atoms with Gasteiger partial charge >= 0.3 is 0 Å². The molecule has 0 radical (unpaired) electrons. The summed E-state index contributed by atoms with van der Waals surface area (Å²) in [5.74, 6) is -0.292. The molecule has 2 aliphatic rings. The summed E-state index contributed by atoms with van der Waals surface area (Å²) in [6.45, 7) is 0.756. The molecule has 1 aromatic carbocycles. The molecule has 0 saturated carbocycles. The van der Waals surface area contributed by atoms with Gasteiger partial charge in [-0.1, -0.05) is 17.7 Å². The number of aliphatic hydroxyl groups is 1. The zero-order chi connectivity index (χ0) is 14.1. The van der Waals surface area contributed by atoms with Crippen molar-refractivity contribution in [3.63, 3.8) is 0 Å². The fourth-order valence-electron chi connectivity index (χ4n) is 2.39. The third-order valence-electron chi connectivity index (χ3n) is 3.34. The lowest BCUT2D eigenvalue weighted by Crippen LogP contribution is -2.27. The Balaban J connectivity index is 2.01. The van der Waals surface area contributed by atoms with Crippen molar-refractivity contribution in [2.45, 2.75) is 6.42 Å². The average molecular weight is 293 g/mol. The molecule has 0 saturated heterocycles. The predicted octanol–water partition coefficient (Wildman–Crippen LogP) is 3.15. The number of hydrogen-bond acceptors (Lipinski definition) is 3. The Morgan fingerprint density at radius 1 is 1.30 bits per heavy atom. The lowest BCUT2D eigenvalue weighted by atomic mass is 10.2. The summed E-state index contributed by atoms with van der Waals surface area (Å²) in [6.07, 6.45) is 6.25. The average Bonchev–Trinajstić information content (AvgIpc) is 2.79. The van der Waals surface area contributed by atoms with E-state index in [1.807, 2.05) is 34.3 Å². The first-order valence-electron chi connectivity index (χ1n) is 6.40. The second-order valence-electron chi connectivity index (χ2n) is 4.66. The van der Waals surface area contributed by atoms with Crippen LogP contribution in [0.3, 0.4) is 0 Å². The van der Waals surface area contributed by atoms with Gasteiger partial charge < -0.3 is 14.9 Å². The topological polar surface area (TPSA) is 26.7 Å². The van der Waals surface area contributed by atoms with E-state index in [1.165, 1.54) is 12.1 Å². The van der Waals surface area contributed by atoms with Crippen LogP contribution in [0.5, 0.6) is 0 Å². The van der Waals surface area contributed by atoms with Crippen LogP contribution in [0.2, 0.25) is 0 Å². The van der Waals surface area contributed by atoms with E-state index < -0.39 is 0 Å². The maximum absolute atomic E-state index is 13.4. The number of allylic oxidation sites excluding steroid dienone is 1. The van der Waals surface area contributed by atoms with Gasteiger partial charge in [-0.15, -0.1) is 0 Å². The van der Waals surface area contributed by atoms with Crippen LogP contribution >= 0.6 is 11.6 Å². The van der Waals surface area contributed by atoms with Gasteiger partial charge in [-0.3, -0.25) is 0 Å². The van der Waals surface area contributed by atoms with E-state index in [2.05, 4.69) is 0 Å². The Hall–Kier alpha value is -1.78. The summed E-state index contributed by atoms with van der Waals surface area (Å²) < 4.78 is 13.4. The van der Waals surface area contributed by atoms with Gasteiger partial charge in [-0.25, -0.2) is 4.39 Å². The van der Waals surface area contributed by atoms with Gasteiger partial charge in [0.2, 0.25) is 0 Å². The first kappa shape index (κ1) is 13.2. The number of hydrogen-bond donors (Lipinski definition) is 1. The summed E-state index contributed by atoms with van der Waals surface area (Å²) in [6, 6.07) is 6.36. The second-order valence-corrected chi connectivity index (χ2v) is 5.07. The van der Waals surface area contributed by atoms with Crippen LogP contribution in [0.1, 0.15) is 6.42 Å². The van der Waals surface area contributed by atoms with Crippen molar-refractivity contribution < 1.29 is 9.50 Å². The van der Waals surface area contributed by atoms with Crippen LogP contribution in [-0.2, 0) is 0 Å². The summed E-state index contributed by atoms with van der Waals surface area (Å²) in [4.78, 5) is 3.88. The molecule has 20 heavy (non-hydrogen) atoms. The number of halogens is 2. The molecule has 2 heterocycles. The molecule has 104 valence electrons. The smallest absolute Gasteiger partial charge is 0.125 e. The first-order chi connectivity index (χ1) is 9.69. The molecule has 3 nitrogen and oxygen atoms in total. The van der Waals surface area contributed by atoms with Crippen molar-refractivity contribution in [3.05, 3.63) is 65.0 Å². The molecular formula is C15H14ClFN2O. The third kappa shape index (κ3) is 2.32. The minimum Gasteiger partial charge on any atom is -0.396 e. The second kappa shape index (κ2) is 5.31. The summed E-state index contributed by atoms with van der Waals surface area (Å²) >= 11 is 6.17. The van der Waals surface area contributed by atoms with E-state index in [4.69, 9.17) is 11.6 Å². The van der Waals surface area contributed by atoms with E-state index in [9.17, 15) is 9.50 Å². The molecule has 0 spiro atoms. The number of anilines is 1. The molecular weight excluding hydrogens is 279 g/mol. The van der Waals surface area contributed by atoms with Crippen molar-refractivity contribution in [3.8, 4) is 0 Å². The highest BCUT2D eigenvalue weighted by atomic mass is 35.5. The van der Waals surface area contributed by atoms with E-state index in [0.717, 1.165) is 17.9 Å². The highest BCUT2D eigenvalue weighted by Gasteiger charge is 2.25. The molecule has 2 aliphatic heterocycles. The zero-order valence-corrected chi connectivity index (χ0v) is 11.5. The van der Waals surface area contributed by atoms with Gasteiger partial charge in [0.05, 0.1) is 10.7 Å². The van der Waals surface area contributed by atoms with Crippen molar-refractivity contribution in [2.24, 2.45) is 0 Å². The molecule has 0 amide bonds. The highest BCUT2D eigenvalue weighted by Crippen LogP contribution is 2.34. The lowest BCUT2D eigenvalue weighted by Gasteiger charge is -2.32. The molecule has 0 bridgehead atoms. The summed E-state index contributed by atoms with van der Waals surface area (Å²) in [7, 11) is 0. The molecule has 1 aromatic rings. The minimum atomic E-state index is -0.292. The van der Waals surface area contributed by atoms with Crippen molar-refractivity contribution in [1.82, 2.24) is 4.90 Å². The zero-order valence-electron chi connectivity index (χ0n) is 10.8. The van der Waals surface area contributed by atoms with Gasteiger partial charge in [-0.2, -0.15) is 0 Å². The Kier molecular flexibility index (Phi) is 3.51. The monoisotopic (exact) mass is 292 g/mol. The molecule has 0 fully saturated rings. The molecule has 5 heteroatoms. The standard InChI is InChI=1S/C15H14ClFN2O/c16-14-4-6-18-9-13(5-7-20)19(10-15(14)18)12-3-1-2-11(17)8-12/h1-4,8-10,20H,5-7H2. The van der Waals surface area contributed by atoms with Gasteiger partial charge in [0.1, 0.15) is 5.82 Å². The fraction of sp³-hybridized carbons (Fsp3) is 0.200. The van der Waals surface area contributed by atoms with Crippen molar-refractivity contribution in [1.29, 1.82) is 0 Å². The number of fused-ring (bicyclic) bond motifs is 1. The van der Waals surface area contributed by atoms with E-state index in [1.54, 1.807) is 6.07 Å². The van der Waals surface area contributed by atoms with Crippen LogP contribution in [0.15, 0.2) is 59.2 Å². The first-order valence-corrected chi connectivity index (χ1v) is 6.77. The number of rotatable bonds is 3. The lowest BCUT2D eigenvalue weighted by molar-refractivity contribution is 0.297. The largest absolute Gasteiger partial charge is 0.396 e. The SMILES string of the molecule is OCCC1=CN2CC=C(Cl)C2=CN1c1cccc(F)c1. The Bertz CT molecular complexity index is 624. The third-order valence-corrected chi connectivity index (χ3v) is 3.69. The Morgan fingerprint density at radius 2 is 2.15 bits per heavy atom. The van der Waals surface area contributed by atoms with Crippen LogP contribution < -0.4 is 4.90 Å². The van der Waals surface area contributed by atoms with Gasteiger partial charge in [0.25, 0.3) is 0 Å². The molecule has 1 N–H and O–H groups in total.